The maximum absolute atomic E-state index is 10.9. The maximum Gasteiger partial charge on any atom is 0.341 e. The lowest BCUT2D eigenvalue weighted by Gasteiger charge is -2.19. The molecule has 0 unspecified atom stereocenters. The SMILES string of the molecule is Cc1ncc(C(=O)O)c(NCC(C)(C)C)n1. The van der Waals surface area contributed by atoms with E-state index < -0.39 is 5.97 Å². The standard InChI is InChI=1S/C11H17N3O2/c1-7-12-5-8(10(15)16)9(14-7)13-6-11(2,3)4/h5H,6H2,1-4H3,(H,15,16)(H,12,13,14). The largest absolute Gasteiger partial charge is 0.477 e. The Morgan fingerprint density at radius 3 is 2.62 bits per heavy atom. The highest BCUT2D eigenvalue weighted by molar-refractivity contribution is 5.92. The lowest BCUT2D eigenvalue weighted by atomic mass is 9.97. The summed E-state index contributed by atoms with van der Waals surface area (Å²) < 4.78 is 0. The van der Waals surface area contributed by atoms with E-state index in [1.165, 1.54) is 6.20 Å². The fraction of sp³-hybridized carbons (Fsp3) is 0.545. The molecule has 2 N–H and O–H groups in total. The number of carbonyl (C=O) groups is 1. The lowest BCUT2D eigenvalue weighted by molar-refractivity contribution is 0.0697. The Hall–Kier alpha value is -1.65. The van der Waals surface area contributed by atoms with Gasteiger partial charge in [0.2, 0.25) is 0 Å². The average Bonchev–Trinajstić information content (AvgIpc) is 2.13. The molecule has 0 amide bonds. The summed E-state index contributed by atoms with van der Waals surface area (Å²) in [5, 5.41) is 12.0. The van der Waals surface area contributed by atoms with Gasteiger partial charge in [-0.05, 0) is 12.3 Å². The van der Waals surface area contributed by atoms with Gasteiger partial charge in [-0.3, -0.25) is 0 Å². The second-order valence-electron chi connectivity index (χ2n) is 4.90. The van der Waals surface area contributed by atoms with Gasteiger partial charge < -0.3 is 10.4 Å². The number of carboxylic acids is 1. The highest BCUT2D eigenvalue weighted by Crippen LogP contribution is 2.17. The second kappa shape index (κ2) is 4.47. The summed E-state index contributed by atoms with van der Waals surface area (Å²) in [5.74, 6) is -0.0762. The minimum atomic E-state index is -1.02. The van der Waals surface area contributed by atoms with Gasteiger partial charge in [0.1, 0.15) is 17.2 Å². The monoisotopic (exact) mass is 223 g/mol. The van der Waals surface area contributed by atoms with Crippen LogP contribution >= 0.6 is 0 Å². The van der Waals surface area contributed by atoms with Crippen LogP contribution in [0.5, 0.6) is 0 Å². The third kappa shape index (κ3) is 3.49. The zero-order chi connectivity index (χ0) is 12.3. The van der Waals surface area contributed by atoms with E-state index in [1.54, 1.807) is 6.92 Å². The Balaban J connectivity index is 2.93. The van der Waals surface area contributed by atoms with Crippen LogP contribution in [0.15, 0.2) is 6.20 Å². The quantitative estimate of drug-likeness (QED) is 0.819. The van der Waals surface area contributed by atoms with Gasteiger partial charge in [0.15, 0.2) is 0 Å². The molecular weight excluding hydrogens is 206 g/mol. The van der Waals surface area contributed by atoms with Gasteiger partial charge in [-0.15, -0.1) is 0 Å². The number of carboxylic acid groups (broad SMARTS) is 1. The maximum atomic E-state index is 10.9. The minimum Gasteiger partial charge on any atom is -0.477 e. The summed E-state index contributed by atoms with van der Waals surface area (Å²) in [5.41, 5.74) is 0.170. The fourth-order valence-corrected chi connectivity index (χ4v) is 1.11. The molecule has 0 fully saturated rings. The molecule has 16 heavy (non-hydrogen) atoms. The molecule has 1 rings (SSSR count). The molecule has 5 heteroatoms. The molecule has 1 aromatic heterocycles. The molecule has 5 nitrogen and oxygen atoms in total. The number of hydrogen-bond acceptors (Lipinski definition) is 4. The number of aromatic carboxylic acids is 1. The van der Waals surface area contributed by atoms with E-state index in [1.807, 2.05) is 0 Å². The van der Waals surface area contributed by atoms with Crippen LogP contribution in [0.2, 0.25) is 0 Å². The van der Waals surface area contributed by atoms with Crippen molar-refractivity contribution in [3.8, 4) is 0 Å². The number of hydrogen-bond donors (Lipinski definition) is 2. The number of nitrogens with one attached hydrogen (secondary N) is 1. The Bertz CT molecular complexity index is 397. The highest BCUT2D eigenvalue weighted by atomic mass is 16.4. The van der Waals surface area contributed by atoms with Gasteiger partial charge in [0.05, 0.1) is 0 Å². The van der Waals surface area contributed by atoms with E-state index in [0.29, 0.717) is 18.2 Å². The predicted octanol–water partition coefficient (Wildman–Crippen LogP) is 1.94. The molecule has 0 aliphatic heterocycles. The normalized spacial score (nSPS) is 11.2. The second-order valence-corrected chi connectivity index (χ2v) is 4.90. The van der Waals surface area contributed by atoms with Crippen molar-refractivity contribution < 1.29 is 9.90 Å². The molecule has 0 atom stereocenters. The van der Waals surface area contributed by atoms with Crippen LogP contribution in [0, 0.1) is 12.3 Å². The molecule has 1 heterocycles. The Morgan fingerprint density at radius 1 is 1.50 bits per heavy atom. The molecule has 0 saturated carbocycles. The topological polar surface area (TPSA) is 75.1 Å². The van der Waals surface area contributed by atoms with Crippen LogP contribution in [-0.2, 0) is 0 Å². The molecular formula is C11H17N3O2. The van der Waals surface area contributed by atoms with Crippen molar-refractivity contribution in [1.82, 2.24) is 9.97 Å². The van der Waals surface area contributed by atoms with E-state index in [0.717, 1.165) is 0 Å². The molecule has 88 valence electrons. The van der Waals surface area contributed by atoms with E-state index in [4.69, 9.17) is 5.11 Å². The van der Waals surface area contributed by atoms with Crippen molar-refractivity contribution in [2.45, 2.75) is 27.7 Å². The number of anilines is 1. The molecule has 0 aromatic carbocycles. The molecule has 0 aliphatic rings. The van der Waals surface area contributed by atoms with Gasteiger partial charge in [-0.2, -0.15) is 0 Å². The fourth-order valence-electron chi connectivity index (χ4n) is 1.11. The van der Waals surface area contributed by atoms with Crippen LogP contribution < -0.4 is 5.32 Å². The number of rotatable bonds is 3. The number of nitrogens with zero attached hydrogens (tertiary/aromatic N) is 2. The highest BCUT2D eigenvalue weighted by Gasteiger charge is 2.15. The Morgan fingerprint density at radius 2 is 2.12 bits per heavy atom. The third-order valence-corrected chi connectivity index (χ3v) is 1.93. The van der Waals surface area contributed by atoms with Gasteiger partial charge >= 0.3 is 5.97 Å². The smallest absolute Gasteiger partial charge is 0.341 e. The number of aromatic nitrogens is 2. The molecule has 0 bridgehead atoms. The van der Waals surface area contributed by atoms with Crippen molar-refractivity contribution in [3.63, 3.8) is 0 Å². The summed E-state index contributed by atoms with van der Waals surface area (Å²) in [6, 6.07) is 0. The number of aryl methyl sites for hydroxylation is 1. The molecule has 1 aromatic rings. The van der Waals surface area contributed by atoms with Crippen molar-refractivity contribution in [2.75, 3.05) is 11.9 Å². The average molecular weight is 223 g/mol. The summed E-state index contributed by atoms with van der Waals surface area (Å²) in [6.07, 6.45) is 1.33. The zero-order valence-electron chi connectivity index (χ0n) is 10.0. The van der Waals surface area contributed by atoms with Crippen LogP contribution in [0.25, 0.3) is 0 Å². The van der Waals surface area contributed by atoms with Crippen molar-refractivity contribution in [3.05, 3.63) is 17.6 Å². The van der Waals surface area contributed by atoms with Crippen molar-refractivity contribution in [1.29, 1.82) is 0 Å². The Kier molecular flexibility index (Phi) is 3.47. The van der Waals surface area contributed by atoms with E-state index in [-0.39, 0.29) is 11.0 Å². The summed E-state index contributed by atoms with van der Waals surface area (Å²) >= 11 is 0. The molecule has 0 radical (unpaired) electrons. The molecule has 0 saturated heterocycles. The van der Waals surface area contributed by atoms with E-state index in [9.17, 15) is 4.79 Å². The summed E-state index contributed by atoms with van der Waals surface area (Å²) in [4.78, 5) is 18.9. The Labute approximate surface area is 94.9 Å². The van der Waals surface area contributed by atoms with E-state index >= 15 is 0 Å². The lowest BCUT2D eigenvalue weighted by Crippen LogP contribution is -2.21. The minimum absolute atomic E-state index is 0.0641. The zero-order valence-corrected chi connectivity index (χ0v) is 10.0. The summed E-state index contributed by atoms with van der Waals surface area (Å²) in [6.45, 7) is 8.58. The van der Waals surface area contributed by atoms with Crippen LogP contribution in [0.4, 0.5) is 5.82 Å². The first-order valence-electron chi connectivity index (χ1n) is 5.10. The van der Waals surface area contributed by atoms with Crippen LogP contribution in [0.1, 0.15) is 37.0 Å². The van der Waals surface area contributed by atoms with Crippen molar-refractivity contribution >= 4 is 11.8 Å². The summed E-state index contributed by atoms with van der Waals surface area (Å²) in [7, 11) is 0. The third-order valence-electron chi connectivity index (χ3n) is 1.93. The van der Waals surface area contributed by atoms with Gasteiger partial charge in [-0.1, -0.05) is 20.8 Å². The molecule has 0 spiro atoms. The van der Waals surface area contributed by atoms with Crippen LogP contribution in [-0.4, -0.2) is 27.6 Å². The first-order valence-corrected chi connectivity index (χ1v) is 5.10. The molecule has 0 aliphatic carbocycles. The predicted molar refractivity (Wildman–Crippen MR) is 61.7 cm³/mol. The van der Waals surface area contributed by atoms with Crippen LogP contribution in [0.3, 0.4) is 0 Å². The van der Waals surface area contributed by atoms with Gasteiger partial charge in [0.25, 0.3) is 0 Å². The first kappa shape index (κ1) is 12.4. The first-order chi connectivity index (χ1) is 7.29. The van der Waals surface area contributed by atoms with E-state index in [2.05, 4.69) is 36.1 Å². The van der Waals surface area contributed by atoms with Crippen molar-refractivity contribution in [2.24, 2.45) is 5.41 Å². The van der Waals surface area contributed by atoms with Gasteiger partial charge in [-0.25, -0.2) is 14.8 Å². The van der Waals surface area contributed by atoms with Gasteiger partial charge in [0, 0.05) is 12.7 Å².